The second kappa shape index (κ2) is 5.41. The molecule has 0 heterocycles. The number of nitrogens with two attached hydrogens (primary N) is 1. The molecular formula is C10H13F2N3O. The van der Waals surface area contributed by atoms with Crippen LogP contribution in [-0.4, -0.2) is 24.5 Å². The normalized spacial score (nSPS) is 10.0. The summed E-state index contributed by atoms with van der Waals surface area (Å²) in [6.45, 7) is 0.253. The Balaban J connectivity index is 2.60. The van der Waals surface area contributed by atoms with E-state index >= 15 is 0 Å². The van der Waals surface area contributed by atoms with E-state index in [0.29, 0.717) is 0 Å². The van der Waals surface area contributed by atoms with Gasteiger partial charge in [0, 0.05) is 13.6 Å². The van der Waals surface area contributed by atoms with Crippen molar-refractivity contribution in [3.63, 3.8) is 0 Å². The van der Waals surface area contributed by atoms with Gasteiger partial charge in [-0.15, -0.1) is 0 Å². The Hall–Kier alpha value is -1.69. The minimum atomic E-state index is -0.498. The predicted octanol–water partition coefficient (Wildman–Crippen LogP) is 1.02. The molecule has 0 spiro atoms. The van der Waals surface area contributed by atoms with E-state index in [9.17, 15) is 13.6 Å². The van der Waals surface area contributed by atoms with Crippen LogP contribution in [-0.2, 0) is 6.42 Å². The van der Waals surface area contributed by atoms with Crippen LogP contribution in [0.25, 0.3) is 0 Å². The van der Waals surface area contributed by atoms with E-state index in [1.165, 1.54) is 11.9 Å². The molecule has 88 valence electrons. The van der Waals surface area contributed by atoms with Crippen molar-refractivity contribution in [2.45, 2.75) is 6.42 Å². The molecule has 1 rings (SSSR count). The minimum absolute atomic E-state index is 0.230. The second-order valence-electron chi connectivity index (χ2n) is 3.36. The summed E-state index contributed by atoms with van der Waals surface area (Å²) in [6.07, 6.45) is 0.230. The zero-order chi connectivity index (χ0) is 12.1. The van der Waals surface area contributed by atoms with Crippen LogP contribution in [0.15, 0.2) is 18.2 Å². The molecule has 0 fully saturated rings. The summed E-state index contributed by atoms with van der Waals surface area (Å²) in [6, 6.07) is 2.75. The maximum atomic E-state index is 13.2. The van der Waals surface area contributed by atoms with Gasteiger partial charge in [-0.2, -0.15) is 0 Å². The Morgan fingerprint density at radius 3 is 2.81 bits per heavy atom. The average molecular weight is 229 g/mol. The Morgan fingerprint density at radius 2 is 2.19 bits per heavy atom. The molecule has 0 aromatic heterocycles. The third kappa shape index (κ3) is 3.16. The number of hydrogen-bond acceptors (Lipinski definition) is 2. The molecule has 0 aliphatic rings. The molecule has 0 saturated carbocycles. The molecule has 3 N–H and O–H groups in total. The zero-order valence-electron chi connectivity index (χ0n) is 8.84. The quantitative estimate of drug-likeness (QED) is 0.462. The lowest BCUT2D eigenvalue weighted by atomic mass is 10.1. The number of nitrogens with zero attached hydrogens (tertiary/aromatic N) is 1. The highest BCUT2D eigenvalue weighted by Gasteiger charge is 2.08. The number of likely N-dealkylation sites (N-methyl/N-ethyl adjacent to an activating group) is 1. The van der Waals surface area contributed by atoms with E-state index < -0.39 is 17.7 Å². The first-order valence-electron chi connectivity index (χ1n) is 4.70. The van der Waals surface area contributed by atoms with Crippen molar-refractivity contribution in [2.75, 3.05) is 13.6 Å². The third-order valence-corrected chi connectivity index (χ3v) is 2.19. The van der Waals surface area contributed by atoms with Crippen molar-refractivity contribution in [1.29, 1.82) is 0 Å². The zero-order valence-corrected chi connectivity index (χ0v) is 8.84. The van der Waals surface area contributed by atoms with Crippen LogP contribution in [0.5, 0.6) is 0 Å². The summed E-state index contributed by atoms with van der Waals surface area (Å²) < 4.78 is 26.0. The maximum absolute atomic E-state index is 13.2. The average Bonchev–Trinajstić information content (AvgIpc) is 2.28. The molecule has 0 aliphatic carbocycles. The van der Waals surface area contributed by atoms with Crippen molar-refractivity contribution < 1.29 is 13.6 Å². The molecule has 0 saturated heterocycles. The first-order valence-corrected chi connectivity index (χ1v) is 4.70. The number of halogens is 2. The summed E-state index contributed by atoms with van der Waals surface area (Å²) in [7, 11) is 1.51. The second-order valence-corrected chi connectivity index (χ2v) is 3.36. The lowest BCUT2D eigenvalue weighted by molar-refractivity contribution is 0.209. The van der Waals surface area contributed by atoms with Gasteiger partial charge in [0.2, 0.25) is 0 Å². The third-order valence-electron chi connectivity index (χ3n) is 2.19. The summed E-state index contributed by atoms with van der Waals surface area (Å²) in [4.78, 5) is 12.3. The number of carbonyl (C=O) groups is 1. The fraction of sp³-hybridized carbons (Fsp3) is 0.300. The summed E-state index contributed by atoms with van der Waals surface area (Å²) in [5.41, 5.74) is 2.18. The highest BCUT2D eigenvalue weighted by molar-refractivity contribution is 5.73. The Morgan fingerprint density at radius 1 is 1.50 bits per heavy atom. The van der Waals surface area contributed by atoms with E-state index in [2.05, 4.69) is 0 Å². The van der Waals surface area contributed by atoms with Crippen molar-refractivity contribution in [1.82, 2.24) is 10.3 Å². The summed E-state index contributed by atoms with van der Waals surface area (Å²) >= 11 is 0. The number of amides is 2. The molecule has 0 unspecified atom stereocenters. The van der Waals surface area contributed by atoms with E-state index in [-0.39, 0.29) is 18.5 Å². The number of rotatable bonds is 3. The topological polar surface area (TPSA) is 58.4 Å². The summed E-state index contributed by atoms with van der Waals surface area (Å²) in [5, 5.41) is 0. The van der Waals surface area contributed by atoms with Crippen molar-refractivity contribution in [3.8, 4) is 0 Å². The van der Waals surface area contributed by atoms with Crippen molar-refractivity contribution in [3.05, 3.63) is 35.4 Å². The smallest absolute Gasteiger partial charge is 0.326 e. The van der Waals surface area contributed by atoms with Crippen LogP contribution in [0, 0.1) is 11.6 Å². The van der Waals surface area contributed by atoms with Gasteiger partial charge in [-0.25, -0.2) is 19.4 Å². The van der Waals surface area contributed by atoms with E-state index in [0.717, 1.165) is 18.2 Å². The van der Waals surface area contributed by atoms with Gasteiger partial charge in [-0.05, 0) is 30.2 Å². The standard InChI is InChI=1S/C10H13F2N3O/c1-15(10(16)14-13)5-4-7-6-8(11)2-3-9(7)12/h2-3,6H,4-5,13H2,1H3,(H,14,16). The fourth-order valence-electron chi connectivity index (χ4n) is 1.23. The van der Waals surface area contributed by atoms with Gasteiger partial charge in [-0.3, -0.25) is 5.43 Å². The van der Waals surface area contributed by atoms with Crippen LogP contribution < -0.4 is 11.3 Å². The number of nitrogens with one attached hydrogen (secondary N) is 1. The molecule has 0 radical (unpaired) electrons. The SMILES string of the molecule is CN(CCc1cc(F)ccc1F)C(=O)NN. The van der Waals surface area contributed by atoms with Crippen LogP contribution in [0.2, 0.25) is 0 Å². The molecule has 6 heteroatoms. The van der Waals surface area contributed by atoms with Gasteiger partial charge in [0.15, 0.2) is 0 Å². The van der Waals surface area contributed by atoms with E-state index in [1.54, 1.807) is 0 Å². The van der Waals surface area contributed by atoms with Crippen LogP contribution >= 0.6 is 0 Å². The Labute approximate surface area is 92.0 Å². The van der Waals surface area contributed by atoms with Gasteiger partial charge in [0.05, 0.1) is 0 Å². The Bertz CT molecular complexity index is 384. The maximum Gasteiger partial charge on any atom is 0.331 e. The highest BCUT2D eigenvalue weighted by Crippen LogP contribution is 2.10. The number of carbonyl (C=O) groups excluding carboxylic acids is 1. The number of hydrazine groups is 1. The Kier molecular flexibility index (Phi) is 4.19. The molecule has 0 aliphatic heterocycles. The number of hydrogen-bond donors (Lipinski definition) is 2. The van der Waals surface area contributed by atoms with Crippen molar-refractivity contribution in [2.24, 2.45) is 5.84 Å². The van der Waals surface area contributed by atoms with Crippen LogP contribution in [0.3, 0.4) is 0 Å². The van der Waals surface area contributed by atoms with Crippen molar-refractivity contribution >= 4 is 6.03 Å². The monoisotopic (exact) mass is 229 g/mol. The number of benzene rings is 1. The lowest BCUT2D eigenvalue weighted by Gasteiger charge is -2.16. The molecule has 16 heavy (non-hydrogen) atoms. The van der Waals surface area contributed by atoms with Gasteiger partial charge in [0.25, 0.3) is 0 Å². The highest BCUT2D eigenvalue weighted by atomic mass is 19.1. The van der Waals surface area contributed by atoms with Gasteiger partial charge >= 0.3 is 6.03 Å². The van der Waals surface area contributed by atoms with Crippen LogP contribution in [0.4, 0.5) is 13.6 Å². The lowest BCUT2D eigenvalue weighted by Crippen LogP contribution is -2.42. The van der Waals surface area contributed by atoms with E-state index in [4.69, 9.17) is 5.84 Å². The van der Waals surface area contributed by atoms with Gasteiger partial charge in [0.1, 0.15) is 11.6 Å². The summed E-state index contributed by atoms with van der Waals surface area (Å²) in [5.74, 6) is 3.94. The number of urea groups is 1. The molecule has 2 amide bonds. The molecule has 4 nitrogen and oxygen atoms in total. The molecule has 1 aromatic carbocycles. The largest absolute Gasteiger partial charge is 0.331 e. The molecule has 0 atom stereocenters. The fourth-order valence-corrected chi connectivity index (χ4v) is 1.23. The van der Waals surface area contributed by atoms with Crippen LogP contribution in [0.1, 0.15) is 5.56 Å². The molecule has 0 bridgehead atoms. The van der Waals surface area contributed by atoms with Gasteiger partial charge in [-0.1, -0.05) is 0 Å². The molecular weight excluding hydrogens is 216 g/mol. The predicted molar refractivity (Wildman–Crippen MR) is 55.4 cm³/mol. The van der Waals surface area contributed by atoms with E-state index in [1.807, 2.05) is 5.43 Å². The molecule has 1 aromatic rings. The minimum Gasteiger partial charge on any atom is -0.326 e. The van der Waals surface area contributed by atoms with Gasteiger partial charge < -0.3 is 4.90 Å². The first-order chi connectivity index (χ1) is 7.54. The first kappa shape index (κ1) is 12.4.